The SMILES string of the molecule is CC[C@H](C)[C@H](NC(=O)COCCF)C(=O)N[C@H]1CCc2cccc3c2N(C1=O)[C@H](C(=O)NCc1cnc[nH]1)C3. The lowest BCUT2D eigenvalue weighted by molar-refractivity contribution is -0.134. The highest BCUT2D eigenvalue weighted by molar-refractivity contribution is 6.08. The van der Waals surface area contributed by atoms with Gasteiger partial charge in [0, 0.05) is 12.6 Å². The normalized spacial score (nSPS) is 19.6. The van der Waals surface area contributed by atoms with Crippen LogP contribution >= 0.6 is 0 Å². The number of benzene rings is 1. The number of hydrogen-bond acceptors (Lipinski definition) is 6. The molecule has 210 valence electrons. The fraction of sp³-hybridized carbons (Fsp3) is 0.519. The monoisotopic (exact) mass is 542 g/mol. The van der Waals surface area contributed by atoms with Gasteiger partial charge in [-0.15, -0.1) is 0 Å². The quantitative estimate of drug-likeness (QED) is 0.294. The molecule has 0 bridgehead atoms. The lowest BCUT2D eigenvalue weighted by atomic mass is 9.97. The molecule has 1 aromatic heterocycles. The maximum absolute atomic E-state index is 13.9. The zero-order chi connectivity index (χ0) is 27.9. The maximum atomic E-state index is 13.9. The molecular formula is C27H35FN6O5. The first-order chi connectivity index (χ1) is 18.8. The van der Waals surface area contributed by atoms with Crippen LogP contribution in [0.4, 0.5) is 10.1 Å². The number of halogens is 1. The molecule has 0 fully saturated rings. The van der Waals surface area contributed by atoms with Crippen molar-refractivity contribution in [1.82, 2.24) is 25.9 Å². The van der Waals surface area contributed by atoms with Crippen LogP contribution in [-0.4, -0.2) is 71.6 Å². The number of alkyl halides is 1. The average Bonchev–Trinajstić information content (AvgIpc) is 3.57. The second kappa shape index (κ2) is 12.8. The van der Waals surface area contributed by atoms with Gasteiger partial charge in [-0.3, -0.25) is 24.1 Å². The summed E-state index contributed by atoms with van der Waals surface area (Å²) in [6.07, 6.45) is 4.99. The number of para-hydroxylation sites is 1. The summed E-state index contributed by atoms with van der Waals surface area (Å²) in [7, 11) is 0. The molecule has 2 aliphatic heterocycles. The van der Waals surface area contributed by atoms with Gasteiger partial charge in [0.1, 0.15) is 31.4 Å². The molecule has 1 aromatic carbocycles. The number of H-pyrrole nitrogens is 1. The van der Waals surface area contributed by atoms with Crippen molar-refractivity contribution in [2.75, 3.05) is 24.8 Å². The molecule has 2 aromatic rings. The Hall–Kier alpha value is -3.80. The lowest BCUT2D eigenvalue weighted by Gasteiger charge is -2.29. The number of ether oxygens (including phenoxy) is 1. The van der Waals surface area contributed by atoms with E-state index in [1.807, 2.05) is 32.0 Å². The number of carbonyl (C=O) groups excluding carboxylic acids is 4. The van der Waals surface area contributed by atoms with E-state index in [9.17, 15) is 23.6 Å². The summed E-state index contributed by atoms with van der Waals surface area (Å²) in [5, 5.41) is 8.38. The number of rotatable bonds is 12. The van der Waals surface area contributed by atoms with Gasteiger partial charge in [-0.1, -0.05) is 38.5 Å². The number of imidazole rings is 1. The van der Waals surface area contributed by atoms with Gasteiger partial charge in [0.05, 0.1) is 30.9 Å². The number of anilines is 1. The predicted octanol–water partition coefficient (Wildman–Crippen LogP) is 0.932. The molecule has 0 saturated carbocycles. The minimum Gasteiger partial charge on any atom is -0.369 e. The first-order valence-corrected chi connectivity index (χ1v) is 13.3. The van der Waals surface area contributed by atoms with Crippen molar-refractivity contribution in [3.05, 3.63) is 47.5 Å². The highest BCUT2D eigenvalue weighted by Gasteiger charge is 2.44. The van der Waals surface area contributed by atoms with Gasteiger partial charge < -0.3 is 25.7 Å². The zero-order valence-electron chi connectivity index (χ0n) is 22.2. The molecule has 0 unspecified atom stereocenters. The van der Waals surface area contributed by atoms with E-state index in [1.165, 1.54) is 11.2 Å². The fourth-order valence-corrected chi connectivity index (χ4v) is 5.05. The van der Waals surface area contributed by atoms with Crippen molar-refractivity contribution in [1.29, 1.82) is 0 Å². The Morgan fingerprint density at radius 1 is 1.28 bits per heavy atom. The van der Waals surface area contributed by atoms with Crippen molar-refractivity contribution >= 4 is 29.3 Å². The highest BCUT2D eigenvalue weighted by atomic mass is 19.1. The van der Waals surface area contributed by atoms with Crippen molar-refractivity contribution < 1.29 is 28.3 Å². The minimum absolute atomic E-state index is 0.209. The maximum Gasteiger partial charge on any atom is 0.250 e. The van der Waals surface area contributed by atoms with E-state index in [0.717, 1.165) is 22.5 Å². The molecule has 12 heteroatoms. The molecule has 11 nitrogen and oxygen atoms in total. The van der Waals surface area contributed by atoms with E-state index in [0.29, 0.717) is 25.7 Å². The molecular weight excluding hydrogens is 507 g/mol. The Morgan fingerprint density at radius 3 is 2.79 bits per heavy atom. The number of hydrogen-bond donors (Lipinski definition) is 4. The number of nitrogens with one attached hydrogen (secondary N) is 4. The van der Waals surface area contributed by atoms with Crippen molar-refractivity contribution in [3.8, 4) is 0 Å². The van der Waals surface area contributed by atoms with E-state index in [-0.39, 0.29) is 37.5 Å². The Bertz CT molecular complexity index is 1190. The summed E-state index contributed by atoms with van der Waals surface area (Å²) in [4.78, 5) is 61.3. The fourth-order valence-electron chi connectivity index (χ4n) is 5.05. The second-order valence-electron chi connectivity index (χ2n) is 9.92. The number of aryl methyl sites for hydroxylation is 1. The Morgan fingerprint density at radius 2 is 2.08 bits per heavy atom. The molecule has 2 aliphatic rings. The van der Waals surface area contributed by atoms with Crippen LogP contribution in [0, 0.1) is 5.92 Å². The molecule has 4 rings (SSSR count). The van der Waals surface area contributed by atoms with Crippen LogP contribution in [0.1, 0.15) is 43.5 Å². The van der Waals surface area contributed by atoms with E-state index in [4.69, 9.17) is 4.74 Å². The topological polar surface area (TPSA) is 146 Å². The number of aromatic nitrogens is 2. The molecule has 4 amide bonds. The molecule has 4 atom stereocenters. The summed E-state index contributed by atoms with van der Waals surface area (Å²) in [5.74, 6) is -1.93. The Balaban J connectivity index is 1.50. The average molecular weight is 543 g/mol. The van der Waals surface area contributed by atoms with Gasteiger partial charge >= 0.3 is 0 Å². The molecule has 0 saturated heterocycles. The molecule has 4 N–H and O–H groups in total. The summed E-state index contributed by atoms with van der Waals surface area (Å²) in [6, 6.07) is 3.22. The number of carbonyl (C=O) groups is 4. The summed E-state index contributed by atoms with van der Waals surface area (Å²) < 4.78 is 17.3. The first-order valence-electron chi connectivity index (χ1n) is 13.3. The summed E-state index contributed by atoms with van der Waals surface area (Å²) in [5.41, 5.74) is 3.32. The van der Waals surface area contributed by atoms with Crippen LogP contribution in [0.15, 0.2) is 30.7 Å². The highest BCUT2D eigenvalue weighted by Crippen LogP contribution is 2.39. The third-order valence-corrected chi connectivity index (χ3v) is 7.30. The van der Waals surface area contributed by atoms with Crippen LogP contribution in [0.25, 0.3) is 0 Å². The van der Waals surface area contributed by atoms with E-state index >= 15 is 0 Å². The van der Waals surface area contributed by atoms with Crippen molar-refractivity contribution in [3.63, 3.8) is 0 Å². The van der Waals surface area contributed by atoms with Crippen molar-refractivity contribution in [2.45, 2.75) is 64.2 Å². The Labute approximate surface area is 226 Å². The van der Waals surface area contributed by atoms with Gasteiger partial charge in [-0.2, -0.15) is 0 Å². The van der Waals surface area contributed by atoms with Crippen LogP contribution in [0.3, 0.4) is 0 Å². The summed E-state index contributed by atoms with van der Waals surface area (Å²) >= 11 is 0. The molecule has 0 spiro atoms. The Kier molecular flexibility index (Phi) is 9.28. The van der Waals surface area contributed by atoms with E-state index < -0.39 is 36.6 Å². The number of amides is 4. The second-order valence-corrected chi connectivity index (χ2v) is 9.92. The molecule has 39 heavy (non-hydrogen) atoms. The summed E-state index contributed by atoms with van der Waals surface area (Å²) in [6.45, 7) is 2.67. The smallest absolute Gasteiger partial charge is 0.250 e. The standard InChI is InChI=1S/C27H35FN6O5/c1-3-16(2)23(33-22(35)14-39-10-9-28)26(37)32-20-8-7-17-5-4-6-18-11-21(34(24(17)18)27(20)38)25(36)30-13-19-12-29-15-31-19/h4-6,12,15-16,20-21,23H,3,7-11,13-14H2,1-2H3,(H,29,31)(H,30,36)(H,32,37)(H,33,35)/t16-,20-,21-,23-/m0/s1. The van der Waals surface area contributed by atoms with E-state index in [2.05, 4.69) is 25.9 Å². The van der Waals surface area contributed by atoms with Crippen LogP contribution in [-0.2, 0) is 43.3 Å². The lowest BCUT2D eigenvalue weighted by Crippen LogP contribution is -2.58. The first kappa shape index (κ1) is 28.2. The van der Waals surface area contributed by atoms with Crippen molar-refractivity contribution in [2.24, 2.45) is 5.92 Å². The van der Waals surface area contributed by atoms with Crippen LogP contribution in [0.5, 0.6) is 0 Å². The third-order valence-electron chi connectivity index (χ3n) is 7.30. The number of nitrogens with zero attached hydrogens (tertiary/aromatic N) is 2. The molecule has 0 aliphatic carbocycles. The minimum atomic E-state index is -0.905. The molecule has 0 radical (unpaired) electrons. The van der Waals surface area contributed by atoms with Gasteiger partial charge in [-0.25, -0.2) is 9.37 Å². The zero-order valence-corrected chi connectivity index (χ0v) is 22.2. The van der Waals surface area contributed by atoms with Gasteiger partial charge in [0.25, 0.3) is 0 Å². The molecule has 3 heterocycles. The van der Waals surface area contributed by atoms with Gasteiger partial charge in [0.2, 0.25) is 23.6 Å². The number of aromatic amines is 1. The van der Waals surface area contributed by atoms with Crippen LogP contribution < -0.4 is 20.9 Å². The largest absolute Gasteiger partial charge is 0.369 e. The third kappa shape index (κ3) is 6.44. The van der Waals surface area contributed by atoms with Gasteiger partial charge in [0.15, 0.2) is 0 Å². The van der Waals surface area contributed by atoms with Crippen LogP contribution in [0.2, 0.25) is 0 Å². The predicted molar refractivity (Wildman–Crippen MR) is 140 cm³/mol. The van der Waals surface area contributed by atoms with Gasteiger partial charge in [-0.05, 0) is 29.9 Å². The van der Waals surface area contributed by atoms with E-state index in [1.54, 1.807) is 6.20 Å².